The molecule has 1 unspecified atom stereocenters. The van der Waals surface area contributed by atoms with Gasteiger partial charge in [-0.2, -0.15) is 11.3 Å². The molecule has 110 valence electrons. The largest absolute Gasteiger partial charge is 0.479 e. The number of hydrogen-bond acceptors (Lipinski definition) is 5. The Morgan fingerprint density at radius 3 is 3.05 bits per heavy atom. The number of rotatable bonds is 5. The van der Waals surface area contributed by atoms with E-state index in [2.05, 4.69) is 0 Å². The number of hydrogen-bond donors (Lipinski definition) is 1. The van der Waals surface area contributed by atoms with E-state index in [9.17, 15) is 9.59 Å². The van der Waals surface area contributed by atoms with Crippen LogP contribution in [0.2, 0.25) is 0 Å². The van der Waals surface area contributed by atoms with Gasteiger partial charge in [0.1, 0.15) is 0 Å². The van der Waals surface area contributed by atoms with Crippen LogP contribution < -0.4 is 0 Å². The second-order valence-corrected chi connectivity index (χ2v) is 5.59. The average Bonchev–Trinajstić information content (AvgIpc) is 2.91. The van der Waals surface area contributed by atoms with Crippen molar-refractivity contribution in [1.29, 1.82) is 0 Å². The molecule has 0 spiro atoms. The van der Waals surface area contributed by atoms with Gasteiger partial charge in [-0.3, -0.25) is 9.69 Å². The highest BCUT2D eigenvalue weighted by molar-refractivity contribution is 7.07. The lowest BCUT2D eigenvalue weighted by Gasteiger charge is -2.31. The van der Waals surface area contributed by atoms with Crippen LogP contribution in [0.1, 0.15) is 5.56 Å². The number of aliphatic carboxylic acids is 1. The Hall–Kier alpha value is -1.44. The molecular weight excluding hydrogens is 280 g/mol. The number of carbonyl (C=O) groups excluding carboxylic acids is 1. The molecule has 0 saturated carbocycles. The van der Waals surface area contributed by atoms with Crippen molar-refractivity contribution < 1.29 is 19.4 Å². The van der Waals surface area contributed by atoms with E-state index in [1.807, 2.05) is 21.7 Å². The summed E-state index contributed by atoms with van der Waals surface area (Å²) in [6.45, 7) is 2.00. The van der Waals surface area contributed by atoms with Gasteiger partial charge in [0.15, 0.2) is 6.10 Å². The van der Waals surface area contributed by atoms with Gasteiger partial charge in [0, 0.05) is 26.7 Å². The third-order valence-corrected chi connectivity index (χ3v) is 3.94. The molecule has 1 aromatic heterocycles. The van der Waals surface area contributed by atoms with Crippen LogP contribution in [0.5, 0.6) is 0 Å². The summed E-state index contributed by atoms with van der Waals surface area (Å²) in [5, 5.41) is 12.9. The van der Waals surface area contributed by atoms with Crippen molar-refractivity contribution in [2.24, 2.45) is 0 Å². The highest BCUT2D eigenvalue weighted by Gasteiger charge is 2.27. The molecule has 2 rings (SSSR count). The van der Waals surface area contributed by atoms with E-state index >= 15 is 0 Å². The Kier molecular flexibility index (Phi) is 5.11. The normalized spacial score (nSPS) is 19.8. The number of nitrogens with zero attached hydrogens (tertiary/aromatic N) is 2. The predicted octanol–water partition coefficient (Wildman–Crippen LogP) is 0.492. The Labute approximate surface area is 121 Å². The van der Waals surface area contributed by atoms with E-state index in [1.165, 1.54) is 0 Å². The second-order valence-electron chi connectivity index (χ2n) is 4.81. The monoisotopic (exact) mass is 298 g/mol. The number of morpholine rings is 1. The first kappa shape index (κ1) is 15.0. The van der Waals surface area contributed by atoms with Crippen molar-refractivity contribution in [3.05, 3.63) is 22.4 Å². The number of amides is 1. The number of carboxylic acids is 1. The summed E-state index contributed by atoms with van der Waals surface area (Å²) in [5.41, 5.74) is 1.11. The first-order valence-electron chi connectivity index (χ1n) is 6.38. The number of thiophene rings is 1. The van der Waals surface area contributed by atoms with Crippen LogP contribution in [0.3, 0.4) is 0 Å². The van der Waals surface area contributed by atoms with Crippen LogP contribution in [-0.2, 0) is 20.9 Å². The smallest absolute Gasteiger partial charge is 0.334 e. The predicted molar refractivity (Wildman–Crippen MR) is 74.6 cm³/mol. The Morgan fingerprint density at radius 2 is 2.40 bits per heavy atom. The van der Waals surface area contributed by atoms with Gasteiger partial charge in [-0.1, -0.05) is 0 Å². The third-order valence-electron chi connectivity index (χ3n) is 3.21. The van der Waals surface area contributed by atoms with Crippen molar-refractivity contribution in [2.45, 2.75) is 12.6 Å². The van der Waals surface area contributed by atoms with Crippen LogP contribution in [0.15, 0.2) is 16.8 Å². The Balaban J connectivity index is 1.82. The van der Waals surface area contributed by atoms with Gasteiger partial charge in [0.2, 0.25) is 5.91 Å². The molecule has 1 fully saturated rings. The fraction of sp³-hybridized carbons (Fsp3) is 0.538. The molecule has 1 atom stereocenters. The summed E-state index contributed by atoms with van der Waals surface area (Å²) < 4.78 is 5.13. The molecule has 1 aliphatic heterocycles. The topological polar surface area (TPSA) is 70.1 Å². The maximum atomic E-state index is 12.1. The molecule has 1 N–H and O–H groups in total. The minimum Gasteiger partial charge on any atom is -0.479 e. The van der Waals surface area contributed by atoms with Crippen LogP contribution >= 0.6 is 11.3 Å². The zero-order valence-electron chi connectivity index (χ0n) is 11.3. The van der Waals surface area contributed by atoms with Crippen molar-refractivity contribution in [2.75, 3.05) is 33.3 Å². The average molecular weight is 298 g/mol. The third kappa shape index (κ3) is 4.03. The molecular formula is C13H18N2O4S. The molecule has 0 bridgehead atoms. The van der Waals surface area contributed by atoms with Crippen molar-refractivity contribution in [3.63, 3.8) is 0 Å². The number of carbonyl (C=O) groups is 2. The van der Waals surface area contributed by atoms with Crippen LogP contribution in [0.25, 0.3) is 0 Å². The lowest BCUT2D eigenvalue weighted by Crippen LogP contribution is -2.49. The molecule has 20 heavy (non-hydrogen) atoms. The first-order valence-corrected chi connectivity index (χ1v) is 7.32. The zero-order valence-corrected chi connectivity index (χ0v) is 12.1. The lowest BCUT2D eigenvalue weighted by atomic mass is 10.2. The maximum absolute atomic E-state index is 12.1. The van der Waals surface area contributed by atoms with E-state index in [4.69, 9.17) is 9.84 Å². The summed E-state index contributed by atoms with van der Waals surface area (Å²) in [7, 11) is 1.76. The molecule has 7 heteroatoms. The molecule has 1 amide bonds. The first-order chi connectivity index (χ1) is 9.56. The van der Waals surface area contributed by atoms with Crippen LogP contribution in [0, 0.1) is 0 Å². The van der Waals surface area contributed by atoms with Crippen LogP contribution in [-0.4, -0.2) is 66.2 Å². The summed E-state index contributed by atoms with van der Waals surface area (Å²) in [6.07, 6.45) is -0.835. The summed E-state index contributed by atoms with van der Waals surface area (Å²) >= 11 is 1.60. The van der Waals surface area contributed by atoms with Gasteiger partial charge in [-0.25, -0.2) is 4.79 Å². The molecule has 6 nitrogen and oxygen atoms in total. The minimum atomic E-state index is -0.978. The van der Waals surface area contributed by atoms with Gasteiger partial charge < -0.3 is 14.7 Å². The molecule has 1 aliphatic rings. The van der Waals surface area contributed by atoms with E-state index in [0.29, 0.717) is 19.7 Å². The fourth-order valence-corrected chi connectivity index (χ4v) is 2.71. The highest BCUT2D eigenvalue weighted by atomic mass is 32.1. The van der Waals surface area contributed by atoms with Gasteiger partial charge >= 0.3 is 5.97 Å². The Bertz CT molecular complexity index is 463. The Morgan fingerprint density at radius 1 is 1.60 bits per heavy atom. The van der Waals surface area contributed by atoms with Gasteiger partial charge in [-0.15, -0.1) is 0 Å². The van der Waals surface area contributed by atoms with Gasteiger partial charge in [0.05, 0.1) is 13.2 Å². The molecule has 2 heterocycles. The van der Waals surface area contributed by atoms with E-state index in [-0.39, 0.29) is 19.0 Å². The molecule has 0 aromatic carbocycles. The van der Waals surface area contributed by atoms with Crippen molar-refractivity contribution >= 4 is 23.2 Å². The molecule has 0 aliphatic carbocycles. The van der Waals surface area contributed by atoms with Crippen molar-refractivity contribution in [1.82, 2.24) is 9.80 Å². The van der Waals surface area contributed by atoms with E-state index in [0.717, 1.165) is 5.56 Å². The summed E-state index contributed by atoms with van der Waals surface area (Å²) in [4.78, 5) is 26.5. The van der Waals surface area contributed by atoms with Crippen LogP contribution in [0.4, 0.5) is 0 Å². The number of likely N-dealkylation sites (N-methyl/N-ethyl adjacent to an activating group) is 1. The summed E-state index contributed by atoms with van der Waals surface area (Å²) in [5.74, 6) is -0.990. The molecule has 1 saturated heterocycles. The molecule has 0 radical (unpaired) electrons. The van der Waals surface area contributed by atoms with Gasteiger partial charge in [0.25, 0.3) is 0 Å². The standard InChI is InChI=1S/C13H18N2O4S/c1-14(6-10-2-5-20-9-10)12(16)8-15-3-4-19-11(7-15)13(17)18/h2,5,9,11H,3-4,6-8H2,1H3,(H,17,18). The molecule has 1 aromatic rings. The SMILES string of the molecule is CN(Cc1ccsc1)C(=O)CN1CCOC(C(=O)O)C1. The minimum absolute atomic E-state index is 0.0118. The second kappa shape index (κ2) is 6.83. The summed E-state index contributed by atoms with van der Waals surface area (Å²) in [6, 6.07) is 1.99. The maximum Gasteiger partial charge on any atom is 0.334 e. The van der Waals surface area contributed by atoms with Crippen molar-refractivity contribution in [3.8, 4) is 0 Å². The van der Waals surface area contributed by atoms with E-state index in [1.54, 1.807) is 23.3 Å². The number of carboxylic acid groups (broad SMARTS) is 1. The quantitative estimate of drug-likeness (QED) is 0.857. The highest BCUT2D eigenvalue weighted by Crippen LogP contribution is 2.10. The van der Waals surface area contributed by atoms with E-state index < -0.39 is 12.1 Å². The fourth-order valence-electron chi connectivity index (χ4n) is 2.05. The number of ether oxygens (including phenoxy) is 1. The van der Waals surface area contributed by atoms with Gasteiger partial charge in [-0.05, 0) is 22.4 Å². The zero-order chi connectivity index (χ0) is 14.5. The lowest BCUT2D eigenvalue weighted by molar-refractivity contribution is -0.157.